The van der Waals surface area contributed by atoms with Gasteiger partial charge in [0.15, 0.2) is 0 Å². The molecule has 2 aromatic rings. The standard InChI is InChI=1S/C13H11Cl2N3O2S/c1-21(20,8-12-16-10(14)7-11(15)17-12)18-13(19)9-5-3-2-4-6-9/h2-7H,8H2,1H3. The van der Waals surface area contributed by atoms with Crippen molar-refractivity contribution in [3.63, 3.8) is 0 Å². The first-order chi connectivity index (χ1) is 9.85. The van der Waals surface area contributed by atoms with Crippen LogP contribution in [0.15, 0.2) is 40.8 Å². The van der Waals surface area contributed by atoms with E-state index in [1.165, 1.54) is 12.3 Å². The number of rotatable bonds is 3. The van der Waals surface area contributed by atoms with Crippen LogP contribution in [0.3, 0.4) is 0 Å². The summed E-state index contributed by atoms with van der Waals surface area (Å²) < 4.78 is 16.2. The maximum atomic E-state index is 12.4. The van der Waals surface area contributed by atoms with E-state index in [2.05, 4.69) is 14.3 Å². The molecule has 0 spiro atoms. The van der Waals surface area contributed by atoms with Gasteiger partial charge in [-0.1, -0.05) is 41.4 Å². The molecular formula is C13H11Cl2N3O2S. The number of nitrogens with zero attached hydrogens (tertiary/aromatic N) is 3. The molecule has 0 aliphatic rings. The second-order valence-electron chi connectivity index (χ2n) is 4.30. The van der Waals surface area contributed by atoms with Crippen molar-refractivity contribution in [2.45, 2.75) is 5.75 Å². The van der Waals surface area contributed by atoms with Crippen LogP contribution in [-0.4, -0.2) is 26.3 Å². The van der Waals surface area contributed by atoms with E-state index in [1.54, 1.807) is 30.3 Å². The van der Waals surface area contributed by atoms with E-state index in [4.69, 9.17) is 23.2 Å². The van der Waals surface area contributed by atoms with E-state index in [-0.39, 0.29) is 21.9 Å². The molecule has 0 saturated heterocycles. The summed E-state index contributed by atoms with van der Waals surface area (Å²) in [6.45, 7) is 0. The Kier molecular flexibility index (Phi) is 4.92. The zero-order valence-electron chi connectivity index (χ0n) is 11.0. The van der Waals surface area contributed by atoms with Gasteiger partial charge in [0.2, 0.25) is 0 Å². The summed E-state index contributed by atoms with van der Waals surface area (Å²) in [6, 6.07) is 9.78. The molecule has 1 aromatic heterocycles. The maximum Gasteiger partial charge on any atom is 0.285 e. The molecule has 0 radical (unpaired) electrons. The Morgan fingerprint density at radius 3 is 2.33 bits per heavy atom. The van der Waals surface area contributed by atoms with Crippen LogP contribution in [-0.2, 0) is 15.5 Å². The van der Waals surface area contributed by atoms with Crippen LogP contribution < -0.4 is 0 Å². The molecule has 0 aliphatic heterocycles. The van der Waals surface area contributed by atoms with Crippen LogP contribution in [0.4, 0.5) is 0 Å². The Balaban J connectivity index is 2.27. The van der Waals surface area contributed by atoms with Crippen molar-refractivity contribution in [2.24, 2.45) is 4.36 Å². The fourth-order valence-electron chi connectivity index (χ4n) is 1.58. The number of carbonyl (C=O) groups excluding carboxylic acids is 1. The lowest BCUT2D eigenvalue weighted by Gasteiger charge is -2.04. The van der Waals surface area contributed by atoms with Crippen LogP contribution in [0.1, 0.15) is 16.2 Å². The van der Waals surface area contributed by atoms with Gasteiger partial charge in [-0.05, 0) is 12.1 Å². The average Bonchev–Trinajstić information content (AvgIpc) is 2.37. The molecule has 2 rings (SSSR count). The molecular weight excluding hydrogens is 333 g/mol. The fourth-order valence-corrected chi connectivity index (χ4v) is 3.17. The van der Waals surface area contributed by atoms with Crippen LogP contribution in [0, 0.1) is 0 Å². The predicted molar refractivity (Wildman–Crippen MR) is 83.0 cm³/mol. The summed E-state index contributed by atoms with van der Waals surface area (Å²) in [6.07, 6.45) is 1.37. The van der Waals surface area contributed by atoms with Crippen LogP contribution in [0.25, 0.3) is 0 Å². The van der Waals surface area contributed by atoms with Crippen LogP contribution >= 0.6 is 23.2 Å². The summed E-state index contributed by atoms with van der Waals surface area (Å²) in [5, 5.41) is 0.296. The van der Waals surface area contributed by atoms with Gasteiger partial charge in [0.25, 0.3) is 5.91 Å². The number of hydrogen-bond donors (Lipinski definition) is 0. The Labute approximate surface area is 132 Å². The third kappa shape index (κ3) is 4.77. The molecule has 21 heavy (non-hydrogen) atoms. The third-order valence-corrected chi connectivity index (χ3v) is 4.14. The zero-order chi connectivity index (χ0) is 15.5. The number of carbonyl (C=O) groups is 1. The van der Waals surface area contributed by atoms with Crippen molar-refractivity contribution in [1.29, 1.82) is 0 Å². The van der Waals surface area contributed by atoms with Crippen LogP contribution in [0.2, 0.25) is 10.3 Å². The molecule has 1 amide bonds. The van der Waals surface area contributed by atoms with Crippen molar-refractivity contribution >= 4 is 38.8 Å². The van der Waals surface area contributed by atoms with Gasteiger partial charge in [0, 0.05) is 17.9 Å². The minimum absolute atomic E-state index is 0.105. The van der Waals surface area contributed by atoms with Crippen molar-refractivity contribution in [3.8, 4) is 0 Å². The van der Waals surface area contributed by atoms with Gasteiger partial charge in [-0.15, -0.1) is 0 Å². The highest BCUT2D eigenvalue weighted by atomic mass is 35.5. The number of benzene rings is 1. The first-order valence-electron chi connectivity index (χ1n) is 5.84. The second kappa shape index (κ2) is 6.51. The molecule has 0 aliphatic carbocycles. The normalized spacial score (nSPS) is 13.5. The van der Waals surface area contributed by atoms with E-state index in [9.17, 15) is 9.00 Å². The van der Waals surface area contributed by atoms with E-state index < -0.39 is 15.6 Å². The topological polar surface area (TPSA) is 72.3 Å². The summed E-state index contributed by atoms with van der Waals surface area (Å²) in [5.74, 6) is -0.466. The summed E-state index contributed by atoms with van der Waals surface area (Å²) in [4.78, 5) is 19.8. The number of halogens is 2. The van der Waals surface area contributed by atoms with Crippen LogP contribution in [0.5, 0.6) is 0 Å². The van der Waals surface area contributed by atoms with E-state index in [0.29, 0.717) is 5.56 Å². The molecule has 110 valence electrons. The third-order valence-electron chi connectivity index (χ3n) is 2.40. The molecule has 1 atom stereocenters. The largest absolute Gasteiger partial charge is 0.285 e. The SMILES string of the molecule is CS(=O)(Cc1nc(Cl)cc(Cl)n1)=NC(=O)c1ccccc1. The number of hydrogen-bond acceptors (Lipinski definition) is 4. The summed E-state index contributed by atoms with van der Waals surface area (Å²) in [5.41, 5.74) is 0.372. The van der Waals surface area contributed by atoms with Gasteiger partial charge in [0.1, 0.15) is 16.1 Å². The zero-order valence-corrected chi connectivity index (χ0v) is 13.3. The maximum absolute atomic E-state index is 12.4. The van der Waals surface area contributed by atoms with Crippen molar-refractivity contribution in [1.82, 2.24) is 9.97 Å². The molecule has 1 aromatic carbocycles. The van der Waals surface area contributed by atoms with Gasteiger partial charge < -0.3 is 0 Å². The Morgan fingerprint density at radius 1 is 1.19 bits per heavy atom. The minimum atomic E-state index is -2.83. The smallest absolute Gasteiger partial charge is 0.266 e. The molecule has 1 unspecified atom stereocenters. The highest BCUT2D eigenvalue weighted by Gasteiger charge is 2.12. The monoisotopic (exact) mass is 343 g/mol. The Hall–Kier alpha value is -1.50. The molecule has 0 fully saturated rings. The highest BCUT2D eigenvalue weighted by Crippen LogP contribution is 2.14. The first-order valence-corrected chi connectivity index (χ1v) is 8.69. The van der Waals surface area contributed by atoms with Gasteiger partial charge in [-0.25, -0.2) is 14.2 Å². The van der Waals surface area contributed by atoms with Crippen molar-refractivity contribution < 1.29 is 9.00 Å². The first kappa shape index (κ1) is 15.9. The molecule has 0 bridgehead atoms. The van der Waals surface area contributed by atoms with E-state index in [0.717, 1.165) is 0 Å². The molecule has 0 saturated carbocycles. The highest BCUT2D eigenvalue weighted by molar-refractivity contribution is 7.92. The molecule has 8 heteroatoms. The molecule has 0 N–H and O–H groups in total. The van der Waals surface area contributed by atoms with E-state index in [1.807, 2.05) is 0 Å². The van der Waals surface area contributed by atoms with Gasteiger partial charge >= 0.3 is 0 Å². The Morgan fingerprint density at radius 2 is 1.76 bits per heavy atom. The number of amides is 1. The lowest BCUT2D eigenvalue weighted by atomic mass is 10.2. The molecule has 5 nitrogen and oxygen atoms in total. The van der Waals surface area contributed by atoms with Gasteiger partial charge in [-0.2, -0.15) is 4.36 Å². The lowest BCUT2D eigenvalue weighted by molar-refractivity contribution is 0.100. The fraction of sp³-hybridized carbons (Fsp3) is 0.154. The second-order valence-corrected chi connectivity index (χ2v) is 7.46. The molecule has 1 heterocycles. The quantitative estimate of drug-likeness (QED) is 0.802. The summed E-state index contributed by atoms with van der Waals surface area (Å²) in [7, 11) is -2.83. The minimum Gasteiger partial charge on any atom is -0.266 e. The summed E-state index contributed by atoms with van der Waals surface area (Å²) >= 11 is 11.5. The Bertz CT molecular complexity index is 767. The van der Waals surface area contributed by atoms with Gasteiger partial charge in [-0.3, -0.25) is 4.79 Å². The van der Waals surface area contributed by atoms with Gasteiger partial charge in [0.05, 0.1) is 15.5 Å². The van der Waals surface area contributed by atoms with E-state index >= 15 is 0 Å². The average molecular weight is 344 g/mol. The number of aromatic nitrogens is 2. The predicted octanol–water partition coefficient (Wildman–Crippen LogP) is 3.22. The lowest BCUT2D eigenvalue weighted by Crippen LogP contribution is -2.08. The van der Waals surface area contributed by atoms with Crippen molar-refractivity contribution in [3.05, 3.63) is 58.1 Å². The van der Waals surface area contributed by atoms with Crippen molar-refractivity contribution in [2.75, 3.05) is 6.26 Å².